The van der Waals surface area contributed by atoms with Gasteiger partial charge in [0.1, 0.15) is 5.76 Å². The van der Waals surface area contributed by atoms with E-state index in [2.05, 4.69) is 15.5 Å². The van der Waals surface area contributed by atoms with Crippen LogP contribution in [0.4, 0.5) is 0 Å². The number of carbonyl (C=O) groups excluding carboxylic acids is 2. The molecule has 4 aromatic rings. The van der Waals surface area contributed by atoms with Crippen LogP contribution in [0, 0.1) is 0 Å². The number of aromatic amines is 1. The Labute approximate surface area is 177 Å². The number of amides is 2. The summed E-state index contributed by atoms with van der Waals surface area (Å²) in [5.74, 6) is -0.131. The maximum absolute atomic E-state index is 13.3. The van der Waals surface area contributed by atoms with Crippen molar-refractivity contribution in [3.05, 3.63) is 99.7 Å². The lowest BCUT2D eigenvalue weighted by Crippen LogP contribution is -2.34. The van der Waals surface area contributed by atoms with Crippen molar-refractivity contribution in [1.29, 1.82) is 0 Å². The fourth-order valence-corrected chi connectivity index (χ4v) is 3.28. The highest BCUT2D eigenvalue weighted by molar-refractivity contribution is 5.95. The van der Waals surface area contributed by atoms with Gasteiger partial charge >= 0.3 is 0 Å². The van der Waals surface area contributed by atoms with Gasteiger partial charge in [-0.15, -0.1) is 0 Å². The predicted molar refractivity (Wildman–Crippen MR) is 114 cm³/mol. The number of furan rings is 1. The van der Waals surface area contributed by atoms with Gasteiger partial charge in [0, 0.05) is 24.5 Å². The van der Waals surface area contributed by atoms with E-state index in [9.17, 15) is 14.4 Å². The van der Waals surface area contributed by atoms with Crippen molar-refractivity contribution in [2.24, 2.45) is 0 Å². The molecule has 8 nitrogen and oxygen atoms in total. The van der Waals surface area contributed by atoms with Crippen molar-refractivity contribution in [2.45, 2.75) is 13.1 Å². The van der Waals surface area contributed by atoms with Crippen LogP contribution in [0.3, 0.4) is 0 Å². The summed E-state index contributed by atoms with van der Waals surface area (Å²) in [7, 11) is 1.56. The number of nitrogens with zero attached hydrogens (tertiary/aromatic N) is 2. The SMILES string of the molecule is CNC(=O)c1ccc(CN(Cc2ccco2)C(=O)c2n[nH]c3ccccc3c2=O)cc1. The molecule has 0 bridgehead atoms. The average Bonchev–Trinajstić information content (AvgIpc) is 3.32. The van der Waals surface area contributed by atoms with E-state index in [1.807, 2.05) is 0 Å². The zero-order valence-corrected chi connectivity index (χ0v) is 16.8. The minimum absolute atomic E-state index is 0.164. The maximum Gasteiger partial charge on any atom is 0.279 e. The number of rotatable bonds is 6. The molecular formula is C23H20N4O4. The van der Waals surface area contributed by atoms with Crippen molar-refractivity contribution in [2.75, 3.05) is 7.05 Å². The van der Waals surface area contributed by atoms with Crippen LogP contribution < -0.4 is 10.7 Å². The quantitative estimate of drug-likeness (QED) is 0.502. The van der Waals surface area contributed by atoms with Crippen LogP contribution in [0.15, 0.2) is 76.1 Å². The van der Waals surface area contributed by atoms with Crippen LogP contribution in [-0.4, -0.2) is 34.0 Å². The maximum atomic E-state index is 13.3. The highest BCUT2D eigenvalue weighted by Gasteiger charge is 2.23. The van der Waals surface area contributed by atoms with Gasteiger partial charge in [-0.1, -0.05) is 24.3 Å². The Bertz CT molecular complexity index is 1280. The minimum atomic E-state index is -0.515. The lowest BCUT2D eigenvalue weighted by Gasteiger charge is -2.21. The fraction of sp³-hybridized carbons (Fsp3) is 0.130. The third-order valence-electron chi connectivity index (χ3n) is 4.91. The van der Waals surface area contributed by atoms with Crippen LogP contribution >= 0.6 is 0 Å². The Morgan fingerprint density at radius 2 is 1.81 bits per heavy atom. The molecule has 2 heterocycles. The monoisotopic (exact) mass is 416 g/mol. The van der Waals surface area contributed by atoms with Crippen LogP contribution in [0.1, 0.15) is 32.2 Å². The zero-order chi connectivity index (χ0) is 21.8. The van der Waals surface area contributed by atoms with Crippen molar-refractivity contribution in [3.8, 4) is 0 Å². The number of hydrogen-bond donors (Lipinski definition) is 2. The molecule has 31 heavy (non-hydrogen) atoms. The molecule has 2 N–H and O–H groups in total. The number of hydrogen-bond acceptors (Lipinski definition) is 5. The smallest absolute Gasteiger partial charge is 0.279 e. The van der Waals surface area contributed by atoms with Gasteiger partial charge in [-0.05, 0) is 42.0 Å². The van der Waals surface area contributed by atoms with Crippen LogP contribution in [-0.2, 0) is 13.1 Å². The molecule has 2 aromatic carbocycles. The molecule has 156 valence electrons. The van der Waals surface area contributed by atoms with Gasteiger partial charge in [-0.3, -0.25) is 19.5 Å². The normalized spacial score (nSPS) is 10.7. The summed E-state index contributed by atoms with van der Waals surface area (Å²) >= 11 is 0. The topological polar surface area (TPSA) is 108 Å². The Balaban J connectivity index is 1.66. The van der Waals surface area contributed by atoms with Crippen LogP contribution in [0.25, 0.3) is 10.9 Å². The molecule has 0 unspecified atom stereocenters. The first-order valence-corrected chi connectivity index (χ1v) is 9.67. The summed E-state index contributed by atoms with van der Waals surface area (Å²) in [5, 5.41) is 9.78. The summed E-state index contributed by atoms with van der Waals surface area (Å²) in [6, 6.07) is 17.3. The van der Waals surface area contributed by atoms with Gasteiger partial charge in [0.15, 0.2) is 5.69 Å². The summed E-state index contributed by atoms with van der Waals surface area (Å²) in [5.41, 5.74) is 1.25. The molecule has 8 heteroatoms. The number of nitrogens with one attached hydrogen (secondary N) is 2. The molecule has 0 aliphatic carbocycles. The van der Waals surface area contributed by atoms with Gasteiger partial charge in [0.2, 0.25) is 5.43 Å². The van der Waals surface area contributed by atoms with E-state index >= 15 is 0 Å². The van der Waals surface area contributed by atoms with E-state index in [-0.39, 0.29) is 24.7 Å². The first-order chi connectivity index (χ1) is 15.1. The molecule has 0 atom stereocenters. The standard InChI is InChI=1S/C23H20N4O4/c1-24-22(29)16-10-8-15(9-11-16)13-27(14-17-5-4-12-31-17)23(30)20-21(28)18-6-2-3-7-19(18)25-26-20/h2-12H,13-14H2,1H3,(H,24,29)(H,25,28). The van der Waals surface area contributed by atoms with Crippen molar-refractivity contribution in [1.82, 2.24) is 20.4 Å². The van der Waals surface area contributed by atoms with E-state index in [1.54, 1.807) is 67.7 Å². The zero-order valence-electron chi connectivity index (χ0n) is 16.8. The summed E-state index contributed by atoms with van der Waals surface area (Å²) in [4.78, 5) is 39.4. The Morgan fingerprint density at radius 3 is 2.52 bits per heavy atom. The highest BCUT2D eigenvalue weighted by atomic mass is 16.3. The molecule has 0 fully saturated rings. The predicted octanol–water partition coefficient (Wildman–Crippen LogP) is 2.72. The number of aromatic nitrogens is 2. The molecule has 2 amide bonds. The van der Waals surface area contributed by atoms with Gasteiger partial charge in [-0.2, -0.15) is 5.10 Å². The molecule has 0 aliphatic rings. The molecule has 0 saturated heterocycles. The van der Waals surface area contributed by atoms with E-state index in [4.69, 9.17) is 4.42 Å². The molecule has 0 spiro atoms. The first-order valence-electron chi connectivity index (χ1n) is 9.67. The lowest BCUT2D eigenvalue weighted by molar-refractivity contribution is 0.0709. The minimum Gasteiger partial charge on any atom is -0.467 e. The van der Waals surface area contributed by atoms with Gasteiger partial charge in [0.05, 0.1) is 18.3 Å². The number of carbonyl (C=O) groups is 2. The summed E-state index contributed by atoms with van der Waals surface area (Å²) in [6.45, 7) is 0.373. The van der Waals surface area contributed by atoms with Crippen molar-refractivity contribution < 1.29 is 14.0 Å². The van der Waals surface area contributed by atoms with Gasteiger partial charge < -0.3 is 14.6 Å². The number of para-hydroxylation sites is 1. The van der Waals surface area contributed by atoms with Gasteiger partial charge in [-0.25, -0.2) is 0 Å². The molecule has 0 radical (unpaired) electrons. The van der Waals surface area contributed by atoms with Crippen LogP contribution in [0.2, 0.25) is 0 Å². The van der Waals surface area contributed by atoms with E-state index in [1.165, 1.54) is 11.2 Å². The molecule has 0 aliphatic heterocycles. The number of benzene rings is 2. The molecule has 0 saturated carbocycles. The first kappa shape index (κ1) is 20.1. The fourth-order valence-electron chi connectivity index (χ4n) is 3.28. The van der Waals surface area contributed by atoms with E-state index < -0.39 is 11.3 Å². The van der Waals surface area contributed by atoms with Gasteiger partial charge in [0.25, 0.3) is 11.8 Å². The summed E-state index contributed by atoms with van der Waals surface area (Å²) < 4.78 is 5.40. The molecule has 2 aromatic heterocycles. The number of H-pyrrole nitrogens is 1. The molecular weight excluding hydrogens is 396 g/mol. The van der Waals surface area contributed by atoms with E-state index in [0.29, 0.717) is 22.2 Å². The Kier molecular flexibility index (Phi) is 5.61. The third kappa shape index (κ3) is 4.23. The highest BCUT2D eigenvalue weighted by Crippen LogP contribution is 2.15. The Morgan fingerprint density at radius 1 is 1.03 bits per heavy atom. The summed E-state index contributed by atoms with van der Waals surface area (Å²) in [6.07, 6.45) is 1.53. The van der Waals surface area contributed by atoms with Crippen molar-refractivity contribution >= 4 is 22.7 Å². The second-order valence-electron chi connectivity index (χ2n) is 6.96. The molecule has 4 rings (SSSR count). The third-order valence-corrected chi connectivity index (χ3v) is 4.91. The lowest BCUT2D eigenvalue weighted by atomic mass is 10.1. The second-order valence-corrected chi connectivity index (χ2v) is 6.96. The second kappa shape index (κ2) is 8.66. The van der Waals surface area contributed by atoms with Crippen molar-refractivity contribution in [3.63, 3.8) is 0 Å². The largest absolute Gasteiger partial charge is 0.467 e. The van der Waals surface area contributed by atoms with E-state index in [0.717, 1.165) is 5.56 Å². The Hall–Kier alpha value is -4.20. The van der Waals surface area contributed by atoms with Crippen LogP contribution in [0.5, 0.6) is 0 Å². The number of fused-ring (bicyclic) bond motifs is 1. The average molecular weight is 416 g/mol.